The van der Waals surface area contributed by atoms with Gasteiger partial charge >= 0.3 is 5.97 Å². The van der Waals surface area contributed by atoms with Crippen LogP contribution in [0.25, 0.3) is 0 Å². The fourth-order valence-electron chi connectivity index (χ4n) is 8.29. The van der Waals surface area contributed by atoms with Crippen molar-refractivity contribution in [1.82, 2.24) is 15.1 Å². The first-order valence-corrected chi connectivity index (χ1v) is 19.0. The van der Waals surface area contributed by atoms with Gasteiger partial charge in [0.25, 0.3) is 0 Å². The number of esters is 1. The number of aliphatic hydroxyl groups is 1. The van der Waals surface area contributed by atoms with Crippen LogP contribution in [0.3, 0.4) is 0 Å². The van der Waals surface area contributed by atoms with Crippen molar-refractivity contribution in [2.75, 3.05) is 13.2 Å². The molecule has 3 aromatic rings. The number of hydrogen-bond acceptors (Lipinski definition) is 7. The van der Waals surface area contributed by atoms with Crippen molar-refractivity contribution in [2.45, 2.75) is 73.5 Å². The molecule has 0 aromatic heterocycles. The lowest BCUT2D eigenvalue weighted by atomic mass is 9.70. The molecule has 0 saturated carbocycles. The molecule has 278 valence electrons. The summed E-state index contributed by atoms with van der Waals surface area (Å²) in [5.41, 5.74) is 0.805. The number of carbonyl (C=O) groups is 4. The van der Waals surface area contributed by atoms with E-state index in [1.807, 2.05) is 78.9 Å². The zero-order valence-corrected chi connectivity index (χ0v) is 31.3. The van der Waals surface area contributed by atoms with Crippen LogP contribution in [0, 0.1) is 11.8 Å². The highest BCUT2D eigenvalue weighted by atomic mass is 79.9. The van der Waals surface area contributed by atoms with Gasteiger partial charge in [-0.1, -0.05) is 119 Å². The Kier molecular flexibility index (Phi) is 12.0. The van der Waals surface area contributed by atoms with Gasteiger partial charge in [-0.15, -0.1) is 13.2 Å². The van der Waals surface area contributed by atoms with Crippen LogP contribution in [0.2, 0.25) is 0 Å². The fraction of sp³-hybridized carbons (Fsp3) is 0.381. The molecular weight excluding hydrogens is 738 g/mol. The Morgan fingerprint density at radius 1 is 1.02 bits per heavy atom. The molecular formula is C42H46BrN3O7. The minimum absolute atomic E-state index is 0.198. The van der Waals surface area contributed by atoms with Crippen LogP contribution in [0.5, 0.6) is 0 Å². The zero-order valence-electron chi connectivity index (χ0n) is 29.8. The average molecular weight is 785 g/mol. The standard InChI is InChI=1S/C42H46BrN3O7/c1-4-6-22-33(48)44-27(3)36(30-20-14-9-15-21-30)52-41(51)34-35-39(49)46(32(26-47)29-18-12-8-13-19-29)38(42(35)24-31(43)37(34)53-42)40(50)45(23-5-2)25-28-16-10-7-11-17-28/h4-5,7-21,27,31-32,34-38,47H,1-2,6,22-26H2,3H3,(H,44,48)/t27-,31?,32-,34+,35-,36-,37+,38+,42-/m1/s1. The number of nitrogens with zero attached hydrogens (tertiary/aromatic N) is 2. The number of hydrogen-bond donors (Lipinski definition) is 2. The van der Waals surface area contributed by atoms with Crippen LogP contribution in [0.15, 0.2) is 116 Å². The molecule has 3 aliphatic heterocycles. The van der Waals surface area contributed by atoms with Crippen LogP contribution < -0.4 is 5.32 Å². The van der Waals surface area contributed by atoms with Gasteiger partial charge in [-0.3, -0.25) is 19.2 Å². The number of halogens is 1. The van der Waals surface area contributed by atoms with Crippen LogP contribution in [0.4, 0.5) is 0 Å². The highest BCUT2D eigenvalue weighted by Crippen LogP contribution is 2.61. The molecule has 0 aliphatic carbocycles. The summed E-state index contributed by atoms with van der Waals surface area (Å²) < 4.78 is 13.1. The summed E-state index contributed by atoms with van der Waals surface area (Å²) in [6.45, 7) is 9.35. The maximum Gasteiger partial charge on any atom is 0.313 e. The number of likely N-dealkylation sites (tertiary alicyclic amines) is 1. The molecule has 2 bridgehead atoms. The minimum atomic E-state index is -1.40. The Bertz CT molecular complexity index is 1790. The maximum absolute atomic E-state index is 15.0. The van der Waals surface area contributed by atoms with E-state index in [4.69, 9.17) is 9.47 Å². The van der Waals surface area contributed by atoms with E-state index in [1.165, 1.54) is 4.90 Å². The van der Waals surface area contributed by atoms with E-state index in [-0.39, 0.29) is 42.6 Å². The Labute approximate surface area is 319 Å². The lowest BCUT2D eigenvalue weighted by Gasteiger charge is -2.39. The number of aliphatic hydroxyl groups excluding tert-OH is 1. The van der Waals surface area contributed by atoms with Gasteiger partial charge < -0.3 is 29.7 Å². The first-order chi connectivity index (χ1) is 25.6. The Morgan fingerprint density at radius 2 is 1.64 bits per heavy atom. The van der Waals surface area contributed by atoms with Crippen LogP contribution in [0.1, 0.15) is 55.0 Å². The number of ether oxygens (including phenoxy) is 2. The van der Waals surface area contributed by atoms with Gasteiger partial charge in [-0.25, -0.2) is 0 Å². The number of rotatable bonds is 16. The summed E-state index contributed by atoms with van der Waals surface area (Å²) in [6, 6.07) is 25.1. The van der Waals surface area contributed by atoms with Gasteiger partial charge in [0.1, 0.15) is 17.7 Å². The second kappa shape index (κ2) is 16.6. The van der Waals surface area contributed by atoms with Gasteiger partial charge in [-0.2, -0.15) is 0 Å². The molecule has 3 amide bonds. The molecule has 1 spiro atoms. The molecule has 2 N–H and O–H groups in total. The third-order valence-corrected chi connectivity index (χ3v) is 11.4. The van der Waals surface area contributed by atoms with Gasteiger partial charge in [0.2, 0.25) is 17.7 Å². The molecule has 9 atom stereocenters. The Balaban J connectivity index is 1.39. The monoisotopic (exact) mass is 783 g/mol. The molecule has 3 heterocycles. The topological polar surface area (TPSA) is 125 Å². The van der Waals surface area contributed by atoms with Crippen LogP contribution in [-0.2, 0) is 35.2 Å². The van der Waals surface area contributed by atoms with Crippen molar-refractivity contribution in [3.8, 4) is 0 Å². The highest BCUT2D eigenvalue weighted by Gasteiger charge is 2.77. The lowest BCUT2D eigenvalue weighted by Crippen LogP contribution is -2.57. The predicted molar refractivity (Wildman–Crippen MR) is 203 cm³/mol. The third kappa shape index (κ3) is 7.47. The molecule has 3 fully saturated rings. The van der Waals surface area contributed by atoms with Crippen molar-refractivity contribution < 1.29 is 33.8 Å². The Hall–Kier alpha value is -4.58. The van der Waals surface area contributed by atoms with Gasteiger partial charge in [0.05, 0.1) is 36.6 Å². The molecule has 53 heavy (non-hydrogen) atoms. The second-order valence-electron chi connectivity index (χ2n) is 14.0. The molecule has 3 aliphatic rings. The summed E-state index contributed by atoms with van der Waals surface area (Å²) in [5.74, 6) is -3.86. The first kappa shape index (κ1) is 38.2. The van der Waals surface area contributed by atoms with Crippen molar-refractivity contribution in [1.29, 1.82) is 0 Å². The molecule has 3 aromatic carbocycles. The van der Waals surface area contributed by atoms with Gasteiger partial charge in [0, 0.05) is 24.3 Å². The Morgan fingerprint density at radius 3 is 2.25 bits per heavy atom. The predicted octanol–water partition coefficient (Wildman–Crippen LogP) is 5.44. The van der Waals surface area contributed by atoms with Crippen molar-refractivity contribution in [3.05, 3.63) is 133 Å². The largest absolute Gasteiger partial charge is 0.455 e. The number of carbonyl (C=O) groups excluding carboxylic acids is 4. The normalized spacial score (nSPS) is 25.9. The van der Waals surface area contributed by atoms with Crippen molar-refractivity contribution >= 4 is 39.6 Å². The zero-order chi connectivity index (χ0) is 37.7. The first-order valence-electron chi connectivity index (χ1n) is 18.0. The van der Waals surface area contributed by atoms with Crippen molar-refractivity contribution in [2.24, 2.45) is 11.8 Å². The molecule has 6 rings (SSSR count). The maximum atomic E-state index is 15.0. The smallest absolute Gasteiger partial charge is 0.313 e. The number of fused-ring (bicyclic) bond motifs is 1. The van der Waals surface area contributed by atoms with E-state index in [9.17, 15) is 14.7 Å². The summed E-state index contributed by atoms with van der Waals surface area (Å²) in [5, 5.41) is 13.9. The third-order valence-electron chi connectivity index (χ3n) is 10.6. The van der Waals surface area contributed by atoms with E-state index in [0.717, 1.165) is 5.56 Å². The molecule has 1 unspecified atom stereocenters. The number of amides is 3. The lowest BCUT2D eigenvalue weighted by molar-refractivity contribution is -0.162. The van der Waals surface area contributed by atoms with E-state index in [1.54, 1.807) is 36.1 Å². The summed E-state index contributed by atoms with van der Waals surface area (Å²) in [6.07, 6.45) is 2.67. The minimum Gasteiger partial charge on any atom is -0.455 e. The molecule has 0 radical (unpaired) electrons. The SMILES string of the molecule is C=CCCC(=O)N[C@H](C)[C@@H](OC(=O)[C@@H]1[C@H]2O[C@@]3(CC2Br)[C@H](C(=O)N(CC=C)Cc2ccccc2)N([C@H](CO)c2ccccc2)C(=O)[C@@H]13)c1ccccc1. The van der Waals surface area contributed by atoms with E-state index in [0.29, 0.717) is 17.5 Å². The summed E-state index contributed by atoms with van der Waals surface area (Å²) in [4.78, 5) is 60.1. The average Bonchev–Trinajstić information content (AvgIpc) is 3.77. The van der Waals surface area contributed by atoms with Crippen molar-refractivity contribution in [3.63, 3.8) is 0 Å². The summed E-state index contributed by atoms with van der Waals surface area (Å²) in [7, 11) is 0. The quantitative estimate of drug-likeness (QED) is 0.113. The molecule has 11 heteroatoms. The molecule has 3 saturated heterocycles. The fourth-order valence-corrected chi connectivity index (χ4v) is 9.23. The van der Waals surface area contributed by atoms with Gasteiger partial charge in [0.15, 0.2) is 0 Å². The van der Waals surface area contributed by atoms with Crippen LogP contribution in [-0.4, -0.2) is 80.4 Å². The van der Waals surface area contributed by atoms with Gasteiger partial charge in [-0.05, 0) is 36.5 Å². The van der Waals surface area contributed by atoms with E-state index >= 15 is 9.59 Å². The second-order valence-corrected chi connectivity index (χ2v) is 15.1. The number of nitrogens with one attached hydrogen (secondary N) is 1. The highest BCUT2D eigenvalue weighted by molar-refractivity contribution is 9.09. The number of alkyl halides is 1. The van der Waals surface area contributed by atoms with E-state index in [2.05, 4.69) is 34.4 Å². The van der Waals surface area contributed by atoms with Crippen LogP contribution >= 0.6 is 15.9 Å². The number of benzene rings is 3. The summed E-state index contributed by atoms with van der Waals surface area (Å²) >= 11 is 3.75. The van der Waals surface area contributed by atoms with E-state index < -0.39 is 66.3 Å². The number of allylic oxidation sites excluding steroid dienone is 1. The molecule has 10 nitrogen and oxygen atoms in total.